The van der Waals surface area contributed by atoms with Gasteiger partial charge in [-0.3, -0.25) is 5.01 Å². The van der Waals surface area contributed by atoms with Crippen LogP contribution in [0.25, 0.3) is 28.2 Å². The van der Waals surface area contributed by atoms with E-state index in [1.165, 1.54) is 0 Å². The van der Waals surface area contributed by atoms with Gasteiger partial charge in [0.05, 0.1) is 34.2 Å². The molecule has 0 unspecified atom stereocenters. The molecule has 3 N–H and O–H groups in total. The maximum absolute atomic E-state index is 9.86. The average molecular weight is 442 g/mol. The van der Waals surface area contributed by atoms with E-state index in [4.69, 9.17) is 5.10 Å². The molecule has 0 radical (unpaired) electrons. The number of benzene rings is 2. The van der Waals surface area contributed by atoms with Gasteiger partial charge in [-0.05, 0) is 68.0 Å². The summed E-state index contributed by atoms with van der Waals surface area (Å²) in [7, 11) is 4.04. The molecule has 168 valence electrons. The third-order valence-corrected chi connectivity index (χ3v) is 6.12. The Morgan fingerprint density at radius 2 is 1.52 bits per heavy atom. The number of aromatic nitrogens is 2. The molecule has 2 aromatic carbocycles. The molecule has 0 bridgehead atoms. The van der Waals surface area contributed by atoms with E-state index in [1.807, 2.05) is 48.1 Å². The number of phenolic OH excluding ortho intramolecular Hbond substituents is 2. The normalized spacial score (nSPS) is 15.4. The van der Waals surface area contributed by atoms with E-state index < -0.39 is 0 Å². The number of likely N-dealkylation sites (N-methyl/N-ethyl adjacent to an activating group) is 2. The smallest absolute Gasteiger partial charge is 0.115 e. The second kappa shape index (κ2) is 7.78. The number of phenols is 2. The Bertz CT molecular complexity index is 1310. The highest BCUT2D eigenvalue weighted by Gasteiger charge is 2.29. The van der Waals surface area contributed by atoms with Crippen molar-refractivity contribution in [3.05, 3.63) is 83.5 Å². The first-order valence-electron chi connectivity index (χ1n) is 11.0. The van der Waals surface area contributed by atoms with Crippen molar-refractivity contribution in [3.63, 3.8) is 0 Å². The molecule has 3 heterocycles. The number of aromatic hydroxyl groups is 2. The minimum atomic E-state index is 0.225. The number of nitrogens with zero attached hydrogens (tertiary/aromatic N) is 4. The minimum Gasteiger partial charge on any atom is -0.508 e. The fraction of sp³-hybridized carbons (Fsp3) is 0.192. The van der Waals surface area contributed by atoms with Crippen molar-refractivity contribution in [1.82, 2.24) is 25.1 Å². The molecule has 33 heavy (non-hydrogen) atoms. The van der Waals surface area contributed by atoms with Crippen molar-refractivity contribution in [2.45, 2.75) is 20.3 Å². The van der Waals surface area contributed by atoms with Crippen LogP contribution in [0, 0.1) is 0 Å². The van der Waals surface area contributed by atoms with Crippen LogP contribution < -0.4 is 5.43 Å². The Balaban J connectivity index is 1.75. The lowest BCUT2D eigenvalue weighted by molar-refractivity contribution is 0.365. The number of allylic oxidation sites excluding steroid dienone is 3. The van der Waals surface area contributed by atoms with Crippen molar-refractivity contribution < 1.29 is 10.2 Å². The second-order valence-corrected chi connectivity index (χ2v) is 8.37. The predicted molar refractivity (Wildman–Crippen MR) is 130 cm³/mol. The molecule has 2 aliphatic heterocycles. The van der Waals surface area contributed by atoms with Gasteiger partial charge in [0.15, 0.2) is 0 Å². The zero-order chi connectivity index (χ0) is 23.3. The highest BCUT2D eigenvalue weighted by Crippen LogP contribution is 2.38. The van der Waals surface area contributed by atoms with Gasteiger partial charge in [-0.1, -0.05) is 6.92 Å². The summed E-state index contributed by atoms with van der Waals surface area (Å²) in [5.41, 5.74) is 12.5. The van der Waals surface area contributed by atoms with Gasteiger partial charge in [-0.15, -0.1) is 0 Å². The van der Waals surface area contributed by atoms with E-state index in [1.54, 1.807) is 24.3 Å². The number of rotatable bonds is 4. The molecular formula is C26H27N5O2. The maximum Gasteiger partial charge on any atom is 0.115 e. The summed E-state index contributed by atoms with van der Waals surface area (Å²) in [6.07, 6.45) is 4.99. The average Bonchev–Trinajstić information content (AvgIpc) is 3.32. The van der Waals surface area contributed by atoms with Crippen molar-refractivity contribution in [2.24, 2.45) is 0 Å². The molecule has 7 nitrogen and oxygen atoms in total. The third kappa shape index (κ3) is 3.42. The van der Waals surface area contributed by atoms with Gasteiger partial charge in [0.2, 0.25) is 0 Å². The molecule has 2 aliphatic rings. The van der Waals surface area contributed by atoms with Crippen LogP contribution in [0.4, 0.5) is 0 Å². The van der Waals surface area contributed by atoms with Crippen LogP contribution in [-0.2, 0) is 6.42 Å². The van der Waals surface area contributed by atoms with Gasteiger partial charge in [0.1, 0.15) is 11.5 Å². The summed E-state index contributed by atoms with van der Waals surface area (Å²) in [5.74, 6) is 0.451. The monoisotopic (exact) mass is 441 g/mol. The first kappa shape index (κ1) is 20.8. The first-order chi connectivity index (χ1) is 15.9. The van der Waals surface area contributed by atoms with E-state index in [0.717, 1.165) is 57.3 Å². The molecule has 0 fully saturated rings. The zero-order valence-electron chi connectivity index (χ0n) is 19.2. The number of fused-ring (bicyclic) bond motifs is 1. The molecule has 0 aliphatic carbocycles. The van der Waals surface area contributed by atoms with Gasteiger partial charge in [-0.25, -0.2) is 4.68 Å². The van der Waals surface area contributed by atoms with Crippen molar-refractivity contribution >= 4 is 5.70 Å². The topological polar surface area (TPSA) is 76.8 Å². The van der Waals surface area contributed by atoms with Gasteiger partial charge >= 0.3 is 0 Å². The van der Waals surface area contributed by atoms with Crippen LogP contribution in [0.1, 0.15) is 19.4 Å². The lowest BCUT2D eigenvalue weighted by Gasteiger charge is -2.26. The predicted octanol–water partition coefficient (Wildman–Crippen LogP) is 4.50. The van der Waals surface area contributed by atoms with Gasteiger partial charge < -0.3 is 20.5 Å². The Morgan fingerprint density at radius 3 is 2.12 bits per heavy atom. The Kier molecular flexibility index (Phi) is 4.89. The lowest BCUT2D eigenvalue weighted by Crippen LogP contribution is -2.27. The summed E-state index contributed by atoms with van der Waals surface area (Å²) < 4.78 is 1.98. The molecule has 0 saturated carbocycles. The minimum absolute atomic E-state index is 0.225. The van der Waals surface area contributed by atoms with Crippen LogP contribution in [0.2, 0.25) is 0 Å². The van der Waals surface area contributed by atoms with Gasteiger partial charge in [0, 0.05) is 37.0 Å². The summed E-state index contributed by atoms with van der Waals surface area (Å²) in [6.45, 7) is 4.18. The van der Waals surface area contributed by atoms with Crippen LogP contribution in [0.5, 0.6) is 11.5 Å². The van der Waals surface area contributed by atoms with E-state index in [2.05, 4.69) is 36.4 Å². The van der Waals surface area contributed by atoms with Crippen LogP contribution in [0.15, 0.2) is 77.9 Å². The molecular weight excluding hydrogens is 414 g/mol. The molecule has 0 atom stereocenters. The van der Waals surface area contributed by atoms with Crippen LogP contribution >= 0.6 is 0 Å². The van der Waals surface area contributed by atoms with Crippen LogP contribution in [0.3, 0.4) is 0 Å². The largest absolute Gasteiger partial charge is 0.508 e. The zero-order valence-corrected chi connectivity index (χ0v) is 19.2. The molecule has 7 heteroatoms. The summed E-state index contributed by atoms with van der Waals surface area (Å²) >= 11 is 0. The van der Waals surface area contributed by atoms with Gasteiger partial charge in [0.25, 0.3) is 0 Å². The summed E-state index contributed by atoms with van der Waals surface area (Å²) in [4.78, 5) is 2.12. The highest BCUT2D eigenvalue weighted by atomic mass is 16.3. The summed E-state index contributed by atoms with van der Waals surface area (Å²) in [5, 5.41) is 26.7. The molecule has 0 saturated heterocycles. The quantitative estimate of drug-likeness (QED) is 0.554. The maximum atomic E-state index is 9.86. The summed E-state index contributed by atoms with van der Waals surface area (Å²) in [6, 6.07) is 14.4. The van der Waals surface area contributed by atoms with E-state index >= 15 is 0 Å². The number of nitrogens with one attached hydrogen (secondary N) is 1. The van der Waals surface area contributed by atoms with Crippen molar-refractivity contribution in [1.29, 1.82) is 0 Å². The van der Waals surface area contributed by atoms with E-state index in [0.29, 0.717) is 0 Å². The first-order valence-corrected chi connectivity index (χ1v) is 11.0. The fourth-order valence-corrected chi connectivity index (χ4v) is 4.62. The number of hydrazine groups is 1. The number of hydrogen-bond acceptors (Lipinski definition) is 6. The SMILES string of the molecule is CCc1c(-c2ccc(O)cc2)nn(C2=CN(C)C3=C(C)NN(C)C3=C2)c1-c1ccc(O)cc1. The number of hydrogen-bond donors (Lipinski definition) is 3. The van der Waals surface area contributed by atoms with Gasteiger partial charge in [-0.2, -0.15) is 5.10 Å². The highest BCUT2D eigenvalue weighted by molar-refractivity contribution is 5.80. The fourth-order valence-electron chi connectivity index (χ4n) is 4.62. The molecule has 5 rings (SSSR count). The standard InChI is InChI=1S/C26H27N5O2/c1-5-22-24(17-6-10-20(32)11-7-17)28-31(26(22)18-8-12-21(33)13-9-18)19-14-23-25(29(3)15-19)16(2)27-30(23)4/h6-15,27,32-33H,5H2,1-4H3. The third-order valence-electron chi connectivity index (χ3n) is 6.12. The molecule has 3 aromatic rings. The van der Waals surface area contributed by atoms with Crippen molar-refractivity contribution in [3.8, 4) is 34.0 Å². The lowest BCUT2D eigenvalue weighted by atomic mass is 9.99. The van der Waals surface area contributed by atoms with Crippen molar-refractivity contribution in [2.75, 3.05) is 14.1 Å². The second-order valence-electron chi connectivity index (χ2n) is 8.37. The Hall–Kier alpha value is -4.13. The van der Waals surface area contributed by atoms with E-state index in [9.17, 15) is 10.2 Å². The molecule has 0 spiro atoms. The van der Waals surface area contributed by atoms with Crippen LogP contribution in [-0.4, -0.2) is 44.0 Å². The molecule has 1 aromatic heterocycles. The van der Waals surface area contributed by atoms with E-state index in [-0.39, 0.29) is 11.5 Å². The Morgan fingerprint density at radius 1 is 0.909 bits per heavy atom. The Labute approximate surface area is 193 Å². The molecule has 0 amide bonds.